The molecule has 0 aliphatic heterocycles. The third kappa shape index (κ3) is 2.29. The molecule has 2 rings (SSSR count). The molecule has 1 amide bonds. The minimum Gasteiger partial charge on any atom is -0.481 e. The molecule has 0 spiro atoms. The van der Waals surface area contributed by atoms with E-state index in [1.165, 1.54) is 0 Å². The molecule has 2 atom stereocenters. The molecule has 0 heterocycles. The topological polar surface area (TPSA) is 90.2 Å². The molecule has 5 heteroatoms. The minimum absolute atomic E-state index is 0.313. The van der Waals surface area contributed by atoms with Gasteiger partial charge in [-0.25, -0.2) is 0 Å². The smallest absolute Gasteiger partial charge is 0.307 e. The number of carboxylic acids is 1. The molecule has 5 nitrogen and oxygen atoms in total. The molecule has 98 valence electrons. The molecule has 0 bridgehead atoms. The highest BCUT2D eigenvalue weighted by molar-refractivity contribution is 5.99. The van der Waals surface area contributed by atoms with Crippen LogP contribution in [-0.4, -0.2) is 17.0 Å². The number of carbonyl (C=O) groups is 2. The van der Waals surface area contributed by atoms with Gasteiger partial charge < -0.3 is 10.4 Å². The fourth-order valence-corrected chi connectivity index (χ4v) is 2.47. The third-order valence-corrected chi connectivity index (χ3v) is 3.64. The molecule has 0 unspecified atom stereocenters. The van der Waals surface area contributed by atoms with Gasteiger partial charge in [0.15, 0.2) is 0 Å². The Bertz CT molecular complexity index is 587. The summed E-state index contributed by atoms with van der Waals surface area (Å²) in [5.74, 6) is -2.44. The lowest BCUT2D eigenvalue weighted by atomic mass is 10.1. The normalized spacial score (nSPS) is 23.2. The molecule has 0 saturated heterocycles. The second kappa shape index (κ2) is 4.39. The van der Waals surface area contributed by atoms with Crippen molar-refractivity contribution in [3.05, 3.63) is 29.8 Å². The lowest BCUT2D eigenvalue weighted by Crippen LogP contribution is -2.17. The summed E-state index contributed by atoms with van der Waals surface area (Å²) in [4.78, 5) is 23.1. The van der Waals surface area contributed by atoms with E-state index in [4.69, 9.17) is 10.4 Å². The van der Waals surface area contributed by atoms with E-state index in [0.717, 1.165) is 0 Å². The summed E-state index contributed by atoms with van der Waals surface area (Å²) in [6.45, 7) is 3.53. The van der Waals surface area contributed by atoms with Gasteiger partial charge in [-0.3, -0.25) is 9.59 Å². The lowest BCUT2D eigenvalue weighted by molar-refractivity contribution is -0.140. The van der Waals surface area contributed by atoms with Crippen molar-refractivity contribution < 1.29 is 14.7 Å². The number of carbonyl (C=O) groups excluding carboxylic acids is 1. The molecule has 1 saturated carbocycles. The number of nitriles is 1. The first-order chi connectivity index (χ1) is 8.87. The van der Waals surface area contributed by atoms with Crippen LogP contribution in [0.1, 0.15) is 19.4 Å². The number of benzene rings is 1. The van der Waals surface area contributed by atoms with E-state index in [1.807, 2.05) is 6.07 Å². The molecule has 1 aromatic rings. The van der Waals surface area contributed by atoms with Crippen molar-refractivity contribution in [2.45, 2.75) is 13.8 Å². The number of carboxylic acid groups (broad SMARTS) is 1. The van der Waals surface area contributed by atoms with Gasteiger partial charge in [0.05, 0.1) is 23.5 Å². The Morgan fingerprint density at radius 2 is 2.05 bits per heavy atom. The Balaban J connectivity index is 2.11. The van der Waals surface area contributed by atoms with Crippen LogP contribution < -0.4 is 5.32 Å². The Morgan fingerprint density at radius 1 is 1.37 bits per heavy atom. The van der Waals surface area contributed by atoms with Gasteiger partial charge in [0.25, 0.3) is 0 Å². The number of nitrogens with one attached hydrogen (secondary N) is 1. The van der Waals surface area contributed by atoms with Crippen LogP contribution >= 0.6 is 0 Å². The van der Waals surface area contributed by atoms with Crippen molar-refractivity contribution in [3.8, 4) is 6.07 Å². The number of hydrogen-bond acceptors (Lipinski definition) is 3. The number of anilines is 1. The monoisotopic (exact) mass is 258 g/mol. The van der Waals surface area contributed by atoms with Crippen molar-refractivity contribution in [3.63, 3.8) is 0 Å². The third-order valence-electron chi connectivity index (χ3n) is 3.64. The van der Waals surface area contributed by atoms with E-state index in [0.29, 0.717) is 11.3 Å². The second-order valence-electron chi connectivity index (χ2n) is 5.30. The molecular formula is C14H14N2O3. The fourth-order valence-electron chi connectivity index (χ4n) is 2.47. The number of rotatable bonds is 3. The standard InChI is InChI=1S/C14H14N2O3/c1-14(2)10(11(14)13(18)19)12(17)16-9-5-3-4-8(6-9)7-15/h3-6,10-11H,1-2H3,(H,16,17)(H,18,19)/t10-,11+/m0/s1. The summed E-state index contributed by atoms with van der Waals surface area (Å²) in [5.41, 5.74) is 0.432. The van der Waals surface area contributed by atoms with Crippen molar-refractivity contribution in [2.75, 3.05) is 5.32 Å². The summed E-state index contributed by atoms with van der Waals surface area (Å²) in [5, 5.41) is 20.5. The van der Waals surface area contributed by atoms with E-state index >= 15 is 0 Å². The van der Waals surface area contributed by atoms with Gasteiger partial charge in [-0.05, 0) is 23.6 Å². The predicted octanol–water partition coefficient (Wildman–Crippen LogP) is 1.85. The van der Waals surface area contributed by atoms with Gasteiger partial charge >= 0.3 is 5.97 Å². The van der Waals surface area contributed by atoms with E-state index < -0.39 is 23.2 Å². The first-order valence-electron chi connectivity index (χ1n) is 5.91. The Kier molecular flexibility index (Phi) is 3.03. The van der Waals surface area contributed by atoms with E-state index in [9.17, 15) is 9.59 Å². The highest BCUT2D eigenvalue weighted by Crippen LogP contribution is 2.58. The number of amides is 1. The van der Waals surface area contributed by atoms with Crippen LogP contribution in [0, 0.1) is 28.6 Å². The summed E-state index contributed by atoms with van der Waals surface area (Å²) in [7, 11) is 0. The average Bonchev–Trinajstić information content (AvgIpc) is 2.93. The summed E-state index contributed by atoms with van der Waals surface area (Å²) >= 11 is 0. The van der Waals surface area contributed by atoms with Crippen molar-refractivity contribution >= 4 is 17.6 Å². The zero-order valence-electron chi connectivity index (χ0n) is 10.7. The van der Waals surface area contributed by atoms with Crippen LogP contribution in [0.5, 0.6) is 0 Å². The molecule has 19 heavy (non-hydrogen) atoms. The predicted molar refractivity (Wildman–Crippen MR) is 68.2 cm³/mol. The quantitative estimate of drug-likeness (QED) is 0.865. The highest BCUT2D eigenvalue weighted by atomic mass is 16.4. The van der Waals surface area contributed by atoms with Gasteiger partial charge in [-0.2, -0.15) is 5.26 Å². The maximum atomic E-state index is 12.0. The van der Waals surface area contributed by atoms with Crippen LogP contribution in [0.25, 0.3) is 0 Å². The maximum Gasteiger partial charge on any atom is 0.307 e. The van der Waals surface area contributed by atoms with Crippen LogP contribution in [0.15, 0.2) is 24.3 Å². The molecule has 0 radical (unpaired) electrons. The minimum atomic E-state index is -0.948. The van der Waals surface area contributed by atoms with Crippen molar-refractivity contribution in [1.29, 1.82) is 5.26 Å². The van der Waals surface area contributed by atoms with E-state index in [1.54, 1.807) is 38.1 Å². The highest BCUT2D eigenvalue weighted by Gasteiger charge is 2.65. The van der Waals surface area contributed by atoms with Gasteiger partial charge in [0.2, 0.25) is 5.91 Å². The maximum absolute atomic E-state index is 12.0. The zero-order valence-corrected chi connectivity index (χ0v) is 10.7. The van der Waals surface area contributed by atoms with Gasteiger partial charge in [0, 0.05) is 5.69 Å². The van der Waals surface area contributed by atoms with Gasteiger partial charge in [-0.15, -0.1) is 0 Å². The summed E-state index contributed by atoms with van der Waals surface area (Å²) in [6.07, 6.45) is 0. The second-order valence-corrected chi connectivity index (χ2v) is 5.30. The number of hydrogen-bond donors (Lipinski definition) is 2. The summed E-state index contributed by atoms with van der Waals surface area (Å²) < 4.78 is 0. The largest absolute Gasteiger partial charge is 0.481 e. The van der Waals surface area contributed by atoms with Crippen molar-refractivity contribution in [2.24, 2.45) is 17.3 Å². The van der Waals surface area contributed by atoms with Gasteiger partial charge in [0.1, 0.15) is 0 Å². The summed E-state index contributed by atoms with van der Waals surface area (Å²) in [6, 6.07) is 8.52. The molecule has 1 fully saturated rings. The molecule has 1 aliphatic carbocycles. The van der Waals surface area contributed by atoms with Crippen LogP contribution in [0.4, 0.5) is 5.69 Å². The molecule has 1 aromatic carbocycles. The van der Waals surface area contributed by atoms with E-state index in [-0.39, 0.29) is 5.91 Å². The zero-order chi connectivity index (χ0) is 14.2. The molecule has 0 aromatic heterocycles. The molecular weight excluding hydrogens is 244 g/mol. The number of aliphatic carboxylic acids is 1. The van der Waals surface area contributed by atoms with Crippen LogP contribution in [-0.2, 0) is 9.59 Å². The molecule has 1 aliphatic rings. The fraction of sp³-hybridized carbons (Fsp3) is 0.357. The lowest BCUT2D eigenvalue weighted by Gasteiger charge is -2.06. The van der Waals surface area contributed by atoms with Crippen LogP contribution in [0.2, 0.25) is 0 Å². The Labute approximate surface area is 110 Å². The van der Waals surface area contributed by atoms with E-state index in [2.05, 4.69) is 5.32 Å². The average molecular weight is 258 g/mol. The number of nitrogens with zero attached hydrogens (tertiary/aromatic N) is 1. The van der Waals surface area contributed by atoms with Gasteiger partial charge in [-0.1, -0.05) is 19.9 Å². The Morgan fingerprint density at radius 3 is 2.58 bits per heavy atom. The SMILES string of the molecule is CC1(C)[C@H](C(=O)Nc2cccc(C#N)c2)[C@@H]1C(=O)O. The first kappa shape index (κ1) is 13.1. The molecule has 2 N–H and O–H groups in total. The van der Waals surface area contributed by atoms with Crippen LogP contribution in [0.3, 0.4) is 0 Å². The Hall–Kier alpha value is -2.35. The first-order valence-corrected chi connectivity index (χ1v) is 5.91. The van der Waals surface area contributed by atoms with Crippen molar-refractivity contribution in [1.82, 2.24) is 0 Å².